The Balaban J connectivity index is 1.34. The smallest absolute Gasteiger partial charge is 0.224 e. The van der Waals surface area contributed by atoms with Crippen LogP contribution in [0.2, 0.25) is 0 Å². The Morgan fingerprint density at radius 3 is 1.06 bits per heavy atom. The van der Waals surface area contributed by atoms with E-state index in [0.29, 0.717) is 21.0 Å². The summed E-state index contributed by atoms with van der Waals surface area (Å²) in [6.07, 6.45) is 23.3. The molecule has 0 bridgehead atoms. The highest BCUT2D eigenvalue weighted by molar-refractivity contribution is 8.19. The summed E-state index contributed by atoms with van der Waals surface area (Å²) in [7, 11) is 0. The molecule has 5 nitrogen and oxygen atoms in total. The van der Waals surface area contributed by atoms with E-state index in [2.05, 4.69) is 17.4 Å². The summed E-state index contributed by atoms with van der Waals surface area (Å²) in [6, 6.07) is 0. The molecule has 0 saturated heterocycles. The van der Waals surface area contributed by atoms with Gasteiger partial charge in [-0.25, -0.2) is 7.42 Å². The quantitative estimate of drug-likeness (QED) is 0.292. The van der Waals surface area contributed by atoms with Gasteiger partial charge in [-0.3, -0.25) is 0 Å². The highest BCUT2D eigenvalue weighted by atomic mass is 32.2. The van der Waals surface area contributed by atoms with Gasteiger partial charge in [-0.05, 0) is 99.2 Å². The van der Waals surface area contributed by atoms with E-state index in [1.54, 1.807) is 6.33 Å². The van der Waals surface area contributed by atoms with Gasteiger partial charge in [-0.2, -0.15) is 15.0 Å². The van der Waals surface area contributed by atoms with Crippen LogP contribution in [0.1, 0.15) is 103 Å². The van der Waals surface area contributed by atoms with Gasteiger partial charge >= 0.3 is 0 Å². The first-order chi connectivity index (χ1) is 15.8. The Hall–Kier alpha value is 0.01000. The highest BCUT2D eigenvalue weighted by Gasteiger charge is 2.29. The zero-order chi connectivity index (χ0) is 21.6. The van der Waals surface area contributed by atoms with Crippen molar-refractivity contribution in [2.75, 3.05) is 7.42 Å². The number of anilines is 2. The van der Waals surface area contributed by atoms with Gasteiger partial charge in [-0.1, -0.05) is 51.4 Å². The van der Waals surface area contributed by atoms with Crippen molar-refractivity contribution < 1.29 is 0 Å². The van der Waals surface area contributed by atoms with E-state index >= 15 is 0 Å². The summed E-state index contributed by atoms with van der Waals surface area (Å²) in [6.45, 7) is 0. The molecule has 4 fully saturated rings. The second-order valence-corrected chi connectivity index (χ2v) is 15.1. The SMILES string of the molecule is c1nc(N(SC2CCCC2)SC2CCCC2)nc(N(SC2CCCC2)SC2CCCC2)n1. The Morgan fingerprint density at radius 2 is 0.781 bits per heavy atom. The molecule has 0 radical (unpaired) electrons. The average Bonchev–Trinajstić information content (AvgIpc) is 3.63. The molecule has 1 aromatic heterocycles. The molecule has 4 saturated carbocycles. The van der Waals surface area contributed by atoms with E-state index in [1.807, 2.05) is 47.8 Å². The lowest BCUT2D eigenvalue weighted by Gasteiger charge is -2.28. The Morgan fingerprint density at radius 1 is 0.500 bits per heavy atom. The van der Waals surface area contributed by atoms with Crippen molar-refractivity contribution >= 4 is 59.7 Å². The van der Waals surface area contributed by atoms with Gasteiger partial charge in [0.2, 0.25) is 0 Å². The van der Waals surface area contributed by atoms with Crippen LogP contribution in [-0.2, 0) is 0 Å². The van der Waals surface area contributed by atoms with Crippen molar-refractivity contribution in [2.24, 2.45) is 0 Å². The second-order valence-electron chi connectivity index (χ2n) is 9.65. The Labute approximate surface area is 211 Å². The molecule has 0 aromatic carbocycles. The fraction of sp³-hybridized carbons (Fsp3) is 0.870. The zero-order valence-corrected chi connectivity index (χ0v) is 22.3. The molecular weight excluding hydrogens is 475 g/mol. The lowest BCUT2D eigenvalue weighted by Crippen LogP contribution is -2.20. The molecule has 0 unspecified atom stereocenters. The van der Waals surface area contributed by atoms with Gasteiger partial charge in [0.15, 0.2) is 0 Å². The van der Waals surface area contributed by atoms with Crippen molar-refractivity contribution in [3.8, 4) is 0 Å². The standard InChI is InChI=1S/C23H37N5S4/c1-2-10-18(9-1)29-27(30-19-11-3-4-12-19)22-24-17-25-23(26-22)28(31-20-13-5-6-14-20)32-21-15-7-8-16-21/h17-21H,1-16H2. The monoisotopic (exact) mass is 511 g/mol. The highest BCUT2D eigenvalue weighted by Crippen LogP contribution is 2.45. The molecule has 0 aliphatic heterocycles. The first-order valence-electron chi connectivity index (χ1n) is 12.8. The van der Waals surface area contributed by atoms with E-state index in [9.17, 15) is 0 Å². The van der Waals surface area contributed by atoms with Crippen molar-refractivity contribution in [1.29, 1.82) is 0 Å². The minimum atomic E-state index is 0.709. The van der Waals surface area contributed by atoms with Crippen LogP contribution in [0.25, 0.3) is 0 Å². The van der Waals surface area contributed by atoms with E-state index in [4.69, 9.17) is 4.98 Å². The summed E-state index contributed by atoms with van der Waals surface area (Å²) in [5.74, 6) is 1.71. The normalized spacial score (nSPS) is 23.5. The molecule has 32 heavy (non-hydrogen) atoms. The first kappa shape index (κ1) is 23.7. The fourth-order valence-electron chi connectivity index (χ4n) is 5.21. The van der Waals surface area contributed by atoms with Gasteiger partial charge in [0.05, 0.1) is 0 Å². The van der Waals surface area contributed by atoms with Crippen molar-refractivity contribution in [1.82, 2.24) is 15.0 Å². The lowest BCUT2D eigenvalue weighted by atomic mass is 10.4. The largest absolute Gasteiger partial charge is 0.251 e. The predicted molar refractivity (Wildman–Crippen MR) is 144 cm³/mol. The van der Waals surface area contributed by atoms with E-state index in [-0.39, 0.29) is 0 Å². The predicted octanol–water partition coefficient (Wildman–Crippen LogP) is 7.85. The second kappa shape index (κ2) is 12.1. The topological polar surface area (TPSA) is 45.2 Å². The third kappa shape index (κ3) is 6.57. The van der Waals surface area contributed by atoms with Crippen LogP contribution in [0, 0.1) is 0 Å². The van der Waals surface area contributed by atoms with Crippen LogP contribution in [-0.4, -0.2) is 36.0 Å². The summed E-state index contributed by atoms with van der Waals surface area (Å²) in [5.41, 5.74) is 0. The van der Waals surface area contributed by atoms with Gasteiger partial charge in [-0.15, -0.1) is 0 Å². The molecule has 4 aliphatic carbocycles. The van der Waals surface area contributed by atoms with E-state index in [0.717, 1.165) is 11.9 Å². The molecule has 4 aliphatic rings. The van der Waals surface area contributed by atoms with Gasteiger partial charge in [0.25, 0.3) is 11.9 Å². The van der Waals surface area contributed by atoms with Crippen LogP contribution in [0.5, 0.6) is 0 Å². The lowest BCUT2D eigenvalue weighted by molar-refractivity contribution is 0.886. The van der Waals surface area contributed by atoms with Gasteiger partial charge in [0.1, 0.15) is 6.33 Å². The zero-order valence-electron chi connectivity index (χ0n) is 19.1. The van der Waals surface area contributed by atoms with Crippen LogP contribution in [0.4, 0.5) is 11.9 Å². The van der Waals surface area contributed by atoms with Crippen molar-refractivity contribution in [3.63, 3.8) is 0 Å². The van der Waals surface area contributed by atoms with E-state index in [1.165, 1.54) is 103 Å². The van der Waals surface area contributed by atoms with E-state index < -0.39 is 0 Å². The molecule has 0 atom stereocenters. The van der Waals surface area contributed by atoms with Crippen LogP contribution < -0.4 is 7.42 Å². The molecule has 5 rings (SSSR count). The first-order valence-corrected chi connectivity index (χ1v) is 16.1. The minimum absolute atomic E-state index is 0.709. The summed E-state index contributed by atoms with van der Waals surface area (Å²) in [4.78, 5) is 14.5. The third-order valence-electron chi connectivity index (χ3n) is 7.06. The summed E-state index contributed by atoms with van der Waals surface area (Å²) in [5, 5.41) is 2.84. The molecule has 9 heteroatoms. The fourth-order valence-corrected chi connectivity index (χ4v) is 11.1. The maximum atomic E-state index is 5.09. The molecule has 1 heterocycles. The number of rotatable bonds is 10. The summed E-state index contributed by atoms with van der Waals surface area (Å²) >= 11 is 7.96. The maximum absolute atomic E-state index is 5.09. The average molecular weight is 512 g/mol. The van der Waals surface area contributed by atoms with Gasteiger partial charge in [0, 0.05) is 21.0 Å². The Bertz CT molecular complexity index is 610. The number of aromatic nitrogens is 3. The Kier molecular flexibility index (Phi) is 8.99. The third-order valence-corrected chi connectivity index (χ3v) is 12.6. The number of hydrogen-bond acceptors (Lipinski definition) is 9. The van der Waals surface area contributed by atoms with Crippen molar-refractivity contribution in [2.45, 2.75) is 124 Å². The number of hydrogen-bond donors (Lipinski definition) is 0. The molecule has 0 spiro atoms. The maximum Gasteiger partial charge on any atom is 0.251 e. The van der Waals surface area contributed by atoms with Crippen LogP contribution >= 0.6 is 47.8 Å². The summed E-state index contributed by atoms with van der Waals surface area (Å²) < 4.78 is 4.74. The van der Waals surface area contributed by atoms with Crippen molar-refractivity contribution in [3.05, 3.63) is 6.33 Å². The molecule has 0 N–H and O–H groups in total. The minimum Gasteiger partial charge on any atom is -0.224 e. The molecule has 178 valence electrons. The van der Waals surface area contributed by atoms with Gasteiger partial charge < -0.3 is 0 Å². The number of nitrogens with zero attached hydrogens (tertiary/aromatic N) is 5. The molecule has 1 aromatic rings. The molecule has 0 amide bonds. The van der Waals surface area contributed by atoms with Crippen LogP contribution in [0.3, 0.4) is 0 Å². The van der Waals surface area contributed by atoms with Crippen LogP contribution in [0.15, 0.2) is 6.33 Å². The molecular formula is C23H37N5S4.